The van der Waals surface area contributed by atoms with Gasteiger partial charge in [-0.15, -0.1) is 11.3 Å². The predicted octanol–water partition coefficient (Wildman–Crippen LogP) is 5.04. The number of nitriles is 1. The molecule has 21 heavy (non-hydrogen) atoms. The average molecular weight is 355 g/mol. The van der Waals surface area contributed by atoms with Crippen molar-refractivity contribution in [1.82, 2.24) is 4.98 Å². The lowest BCUT2D eigenvalue weighted by Crippen LogP contribution is -1.89. The molecular formula is C17H11BrN2S. The summed E-state index contributed by atoms with van der Waals surface area (Å²) < 4.78 is 1.11. The first kappa shape index (κ1) is 14.0. The van der Waals surface area contributed by atoms with Gasteiger partial charge in [0.25, 0.3) is 0 Å². The highest BCUT2D eigenvalue weighted by Gasteiger charge is 2.07. The monoisotopic (exact) mass is 354 g/mol. The average Bonchev–Trinajstić information content (AvgIpc) is 2.98. The standard InChI is InChI=1S/C17H11BrN2S/c18-15-4-2-1-3-14(15)9-17-20-16(11-21-17)13-7-5-12(10-19)6-8-13/h1-8,11H,9H2. The zero-order valence-electron chi connectivity index (χ0n) is 11.1. The van der Waals surface area contributed by atoms with Crippen LogP contribution in [-0.4, -0.2) is 4.98 Å². The van der Waals surface area contributed by atoms with E-state index in [4.69, 9.17) is 5.26 Å². The Kier molecular flexibility index (Phi) is 4.14. The lowest BCUT2D eigenvalue weighted by Gasteiger charge is -2.01. The Labute approximate surface area is 135 Å². The summed E-state index contributed by atoms with van der Waals surface area (Å²) in [6, 6.07) is 17.8. The van der Waals surface area contributed by atoms with Crippen LogP contribution in [0.15, 0.2) is 58.4 Å². The summed E-state index contributed by atoms with van der Waals surface area (Å²) >= 11 is 5.23. The topological polar surface area (TPSA) is 36.7 Å². The van der Waals surface area contributed by atoms with Gasteiger partial charge in [-0.1, -0.05) is 46.3 Å². The largest absolute Gasteiger partial charge is 0.241 e. The summed E-state index contributed by atoms with van der Waals surface area (Å²) in [5, 5.41) is 12.0. The van der Waals surface area contributed by atoms with Gasteiger partial charge in [-0.2, -0.15) is 5.26 Å². The highest BCUT2D eigenvalue weighted by atomic mass is 79.9. The van der Waals surface area contributed by atoms with Crippen LogP contribution in [0.25, 0.3) is 11.3 Å². The molecule has 0 N–H and O–H groups in total. The van der Waals surface area contributed by atoms with Gasteiger partial charge in [0, 0.05) is 21.8 Å². The molecular weight excluding hydrogens is 344 g/mol. The van der Waals surface area contributed by atoms with Crippen LogP contribution in [0.5, 0.6) is 0 Å². The van der Waals surface area contributed by atoms with Crippen LogP contribution in [0, 0.1) is 11.3 Å². The summed E-state index contributed by atoms with van der Waals surface area (Å²) in [5.74, 6) is 0. The quantitative estimate of drug-likeness (QED) is 0.660. The third-order valence-electron chi connectivity index (χ3n) is 3.16. The van der Waals surface area contributed by atoms with Gasteiger partial charge < -0.3 is 0 Å². The molecule has 0 unspecified atom stereocenters. The summed E-state index contributed by atoms with van der Waals surface area (Å²) in [4.78, 5) is 4.69. The minimum Gasteiger partial charge on any atom is -0.241 e. The number of hydrogen-bond donors (Lipinski definition) is 0. The Balaban J connectivity index is 1.83. The molecule has 0 atom stereocenters. The van der Waals surface area contributed by atoms with Crippen LogP contribution in [0.3, 0.4) is 0 Å². The van der Waals surface area contributed by atoms with E-state index in [1.54, 1.807) is 11.3 Å². The lowest BCUT2D eigenvalue weighted by atomic mass is 10.1. The molecule has 1 heterocycles. The summed E-state index contributed by atoms with van der Waals surface area (Å²) in [6.07, 6.45) is 0.822. The molecule has 1 aromatic heterocycles. The number of hydrogen-bond acceptors (Lipinski definition) is 3. The molecule has 0 aliphatic carbocycles. The Hall–Kier alpha value is -1.96. The maximum Gasteiger partial charge on any atom is 0.0991 e. The first-order valence-electron chi connectivity index (χ1n) is 6.44. The molecule has 0 fully saturated rings. The Morgan fingerprint density at radius 2 is 1.86 bits per heavy atom. The SMILES string of the molecule is N#Cc1ccc(-c2csc(Cc3ccccc3Br)n2)cc1. The van der Waals surface area contributed by atoms with Crippen LogP contribution in [0.2, 0.25) is 0 Å². The maximum absolute atomic E-state index is 8.83. The first-order valence-corrected chi connectivity index (χ1v) is 8.12. The molecule has 0 aliphatic rings. The number of benzene rings is 2. The normalized spacial score (nSPS) is 10.3. The smallest absolute Gasteiger partial charge is 0.0991 e. The molecule has 2 aromatic carbocycles. The van der Waals surface area contributed by atoms with Crippen molar-refractivity contribution >= 4 is 27.3 Å². The number of rotatable bonds is 3. The van der Waals surface area contributed by atoms with Crippen LogP contribution in [0.1, 0.15) is 16.1 Å². The second kappa shape index (κ2) is 6.21. The second-order valence-corrected chi connectivity index (χ2v) is 6.38. The second-order valence-electron chi connectivity index (χ2n) is 4.58. The molecule has 102 valence electrons. The number of thiazole rings is 1. The van der Waals surface area contributed by atoms with Crippen LogP contribution < -0.4 is 0 Å². The summed E-state index contributed by atoms with van der Waals surface area (Å²) in [6.45, 7) is 0. The van der Waals surface area contributed by atoms with Gasteiger partial charge in [0.15, 0.2) is 0 Å². The zero-order chi connectivity index (χ0) is 14.7. The highest BCUT2D eigenvalue weighted by Crippen LogP contribution is 2.25. The predicted molar refractivity (Wildman–Crippen MR) is 89.2 cm³/mol. The molecule has 0 spiro atoms. The van der Waals surface area contributed by atoms with E-state index in [2.05, 4.69) is 38.4 Å². The van der Waals surface area contributed by atoms with Crippen molar-refractivity contribution in [3.63, 3.8) is 0 Å². The van der Waals surface area contributed by atoms with Gasteiger partial charge in [0.1, 0.15) is 0 Å². The summed E-state index contributed by atoms with van der Waals surface area (Å²) in [5.41, 5.74) is 3.91. The molecule has 0 aliphatic heterocycles. The van der Waals surface area contributed by atoms with E-state index >= 15 is 0 Å². The van der Waals surface area contributed by atoms with Crippen molar-refractivity contribution in [2.24, 2.45) is 0 Å². The van der Waals surface area contributed by atoms with Crippen molar-refractivity contribution in [1.29, 1.82) is 5.26 Å². The van der Waals surface area contributed by atoms with Crippen LogP contribution in [-0.2, 0) is 6.42 Å². The zero-order valence-corrected chi connectivity index (χ0v) is 13.5. The fourth-order valence-electron chi connectivity index (χ4n) is 2.04. The van der Waals surface area contributed by atoms with Crippen molar-refractivity contribution in [3.8, 4) is 17.3 Å². The molecule has 0 radical (unpaired) electrons. The van der Waals surface area contributed by atoms with E-state index in [0.717, 1.165) is 27.2 Å². The number of aromatic nitrogens is 1. The van der Waals surface area contributed by atoms with Gasteiger partial charge >= 0.3 is 0 Å². The van der Waals surface area contributed by atoms with E-state index in [0.29, 0.717) is 5.56 Å². The van der Waals surface area contributed by atoms with E-state index in [-0.39, 0.29) is 0 Å². The molecule has 0 saturated carbocycles. The Morgan fingerprint density at radius 1 is 1.10 bits per heavy atom. The van der Waals surface area contributed by atoms with E-state index in [1.165, 1.54) is 5.56 Å². The lowest BCUT2D eigenvalue weighted by molar-refractivity contribution is 1.13. The van der Waals surface area contributed by atoms with Crippen LogP contribution in [0.4, 0.5) is 0 Å². The molecule has 3 rings (SSSR count). The van der Waals surface area contributed by atoms with Gasteiger partial charge in [-0.3, -0.25) is 0 Å². The fraction of sp³-hybridized carbons (Fsp3) is 0.0588. The Bertz CT molecular complexity index is 800. The third kappa shape index (κ3) is 3.21. The van der Waals surface area contributed by atoms with E-state index in [9.17, 15) is 0 Å². The van der Waals surface area contributed by atoms with E-state index < -0.39 is 0 Å². The van der Waals surface area contributed by atoms with E-state index in [1.807, 2.05) is 42.5 Å². The molecule has 0 bridgehead atoms. The number of halogens is 1. The van der Waals surface area contributed by atoms with Crippen molar-refractivity contribution in [2.45, 2.75) is 6.42 Å². The maximum atomic E-state index is 8.83. The van der Waals surface area contributed by atoms with Gasteiger partial charge in [0.2, 0.25) is 0 Å². The van der Waals surface area contributed by atoms with Gasteiger partial charge in [-0.05, 0) is 23.8 Å². The minimum absolute atomic E-state index is 0.669. The molecule has 3 aromatic rings. The molecule has 0 saturated heterocycles. The Morgan fingerprint density at radius 3 is 2.57 bits per heavy atom. The van der Waals surface area contributed by atoms with Crippen LogP contribution >= 0.6 is 27.3 Å². The fourth-order valence-corrected chi connectivity index (χ4v) is 3.30. The molecule has 0 amide bonds. The van der Waals surface area contributed by atoms with Gasteiger partial charge in [-0.25, -0.2) is 4.98 Å². The molecule has 4 heteroatoms. The minimum atomic E-state index is 0.669. The summed E-state index contributed by atoms with van der Waals surface area (Å²) in [7, 11) is 0. The molecule has 2 nitrogen and oxygen atoms in total. The van der Waals surface area contributed by atoms with Crippen molar-refractivity contribution in [2.75, 3.05) is 0 Å². The van der Waals surface area contributed by atoms with Crippen molar-refractivity contribution < 1.29 is 0 Å². The first-order chi connectivity index (χ1) is 10.3. The van der Waals surface area contributed by atoms with Crippen molar-refractivity contribution in [3.05, 3.63) is 74.5 Å². The third-order valence-corrected chi connectivity index (χ3v) is 4.78. The highest BCUT2D eigenvalue weighted by molar-refractivity contribution is 9.10. The van der Waals surface area contributed by atoms with Gasteiger partial charge in [0.05, 0.1) is 22.3 Å². The number of nitrogens with zero attached hydrogens (tertiary/aromatic N) is 2.